The van der Waals surface area contributed by atoms with Crippen molar-refractivity contribution in [2.75, 3.05) is 13.1 Å². The van der Waals surface area contributed by atoms with Gasteiger partial charge >= 0.3 is 0 Å². The predicted octanol–water partition coefficient (Wildman–Crippen LogP) is 1.87. The van der Waals surface area contributed by atoms with E-state index in [0.29, 0.717) is 0 Å². The molecule has 4 nitrogen and oxygen atoms in total. The van der Waals surface area contributed by atoms with Crippen molar-refractivity contribution in [3.05, 3.63) is 18.0 Å². The molecule has 1 aromatic rings. The van der Waals surface area contributed by atoms with Crippen LogP contribution < -0.4 is 5.32 Å². The molecule has 1 atom stereocenters. The maximum absolute atomic E-state index is 12.6. The summed E-state index contributed by atoms with van der Waals surface area (Å²) in [4.78, 5) is 12.6. The zero-order valence-corrected chi connectivity index (χ0v) is 10.7. The lowest BCUT2D eigenvalue weighted by atomic mass is 9.76. The second-order valence-electron chi connectivity index (χ2n) is 4.87. The van der Waals surface area contributed by atoms with Gasteiger partial charge in [0.1, 0.15) is 0 Å². The van der Waals surface area contributed by atoms with Gasteiger partial charge in [0.15, 0.2) is 5.78 Å². The highest BCUT2D eigenvalue weighted by Gasteiger charge is 2.40. The molecule has 0 amide bonds. The van der Waals surface area contributed by atoms with E-state index < -0.39 is 0 Å². The molecule has 0 aliphatic carbocycles. The maximum atomic E-state index is 12.6. The second-order valence-corrected chi connectivity index (χ2v) is 4.87. The molecule has 0 aromatic carbocycles. The van der Waals surface area contributed by atoms with Crippen LogP contribution in [0.4, 0.5) is 0 Å². The normalized spacial score (nSPS) is 24.1. The maximum Gasteiger partial charge on any atom is 0.173 e. The zero-order valence-electron chi connectivity index (χ0n) is 10.7. The molecule has 1 saturated heterocycles. The Morgan fingerprint density at radius 3 is 2.94 bits per heavy atom. The Morgan fingerprint density at radius 1 is 1.59 bits per heavy atom. The van der Waals surface area contributed by atoms with Crippen molar-refractivity contribution in [3.8, 4) is 0 Å². The third kappa shape index (κ3) is 2.27. The van der Waals surface area contributed by atoms with Crippen molar-refractivity contribution in [3.63, 3.8) is 0 Å². The highest BCUT2D eigenvalue weighted by Crippen LogP contribution is 2.34. The lowest BCUT2D eigenvalue weighted by molar-refractivity contribution is 0.0801. The zero-order chi connectivity index (χ0) is 12.3. The van der Waals surface area contributed by atoms with Crippen LogP contribution in [0, 0.1) is 5.41 Å². The number of hydrogen-bond donors (Lipinski definition) is 1. The van der Waals surface area contributed by atoms with Gasteiger partial charge in [-0.3, -0.25) is 9.48 Å². The SMILES string of the molecule is CCCC1(C(=O)c2cnn(CC)c2)CCNC1. The number of aromatic nitrogens is 2. The van der Waals surface area contributed by atoms with Gasteiger partial charge in [-0.2, -0.15) is 5.10 Å². The van der Waals surface area contributed by atoms with Gasteiger partial charge in [0.2, 0.25) is 0 Å². The third-order valence-electron chi connectivity index (χ3n) is 3.67. The van der Waals surface area contributed by atoms with Gasteiger partial charge in [0.25, 0.3) is 0 Å². The fraction of sp³-hybridized carbons (Fsp3) is 0.692. The van der Waals surface area contributed by atoms with Crippen molar-refractivity contribution < 1.29 is 4.79 Å². The minimum atomic E-state index is -0.184. The number of nitrogens with one attached hydrogen (secondary N) is 1. The number of hydrogen-bond acceptors (Lipinski definition) is 3. The smallest absolute Gasteiger partial charge is 0.173 e. The monoisotopic (exact) mass is 235 g/mol. The van der Waals surface area contributed by atoms with Gasteiger partial charge in [-0.15, -0.1) is 0 Å². The van der Waals surface area contributed by atoms with Gasteiger partial charge in [-0.25, -0.2) is 0 Å². The van der Waals surface area contributed by atoms with Crippen molar-refractivity contribution in [2.24, 2.45) is 5.41 Å². The first kappa shape index (κ1) is 12.3. The van der Waals surface area contributed by atoms with Crippen LogP contribution in [0.5, 0.6) is 0 Å². The predicted molar refractivity (Wildman–Crippen MR) is 67.1 cm³/mol. The van der Waals surface area contributed by atoms with E-state index in [2.05, 4.69) is 17.3 Å². The molecule has 1 aliphatic heterocycles. The number of carbonyl (C=O) groups excluding carboxylic acids is 1. The van der Waals surface area contributed by atoms with E-state index in [1.807, 2.05) is 17.8 Å². The third-order valence-corrected chi connectivity index (χ3v) is 3.67. The average molecular weight is 235 g/mol. The Labute approximate surface area is 102 Å². The summed E-state index contributed by atoms with van der Waals surface area (Å²) in [6.45, 7) is 6.75. The lowest BCUT2D eigenvalue weighted by Crippen LogP contribution is -2.33. The van der Waals surface area contributed by atoms with Crippen LogP contribution >= 0.6 is 0 Å². The van der Waals surface area contributed by atoms with Crippen molar-refractivity contribution in [1.29, 1.82) is 0 Å². The minimum Gasteiger partial charge on any atom is -0.316 e. The summed E-state index contributed by atoms with van der Waals surface area (Å²) >= 11 is 0. The van der Waals surface area contributed by atoms with E-state index in [-0.39, 0.29) is 11.2 Å². The fourth-order valence-electron chi connectivity index (χ4n) is 2.70. The highest BCUT2D eigenvalue weighted by molar-refractivity contribution is 6.00. The van der Waals surface area contributed by atoms with Crippen LogP contribution in [0.25, 0.3) is 0 Å². The Kier molecular flexibility index (Phi) is 3.62. The number of Topliss-reactive ketones (excluding diaryl/α,β-unsaturated/α-hetero) is 1. The van der Waals surface area contributed by atoms with E-state index >= 15 is 0 Å². The molecule has 17 heavy (non-hydrogen) atoms. The summed E-state index contributed by atoms with van der Waals surface area (Å²) in [6, 6.07) is 0. The summed E-state index contributed by atoms with van der Waals surface area (Å²) in [7, 11) is 0. The highest BCUT2D eigenvalue weighted by atomic mass is 16.1. The Hall–Kier alpha value is -1.16. The molecule has 1 unspecified atom stereocenters. The lowest BCUT2D eigenvalue weighted by Gasteiger charge is -2.25. The number of aryl methyl sites for hydroxylation is 1. The van der Waals surface area contributed by atoms with E-state index in [1.165, 1.54) is 0 Å². The largest absolute Gasteiger partial charge is 0.316 e. The van der Waals surface area contributed by atoms with Crippen molar-refractivity contribution in [1.82, 2.24) is 15.1 Å². The Bertz CT molecular complexity index is 391. The van der Waals surface area contributed by atoms with Crippen LogP contribution in [0.3, 0.4) is 0 Å². The van der Waals surface area contributed by atoms with Crippen LogP contribution in [-0.2, 0) is 6.54 Å². The molecule has 1 fully saturated rings. The van der Waals surface area contributed by atoms with E-state index in [0.717, 1.165) is 44.5 Å². The fourth-order valence-corrected chi connectivity index (χ4v) is 2.70. The van der Waals surface area contributed by atoms with Crippen LogP contribution in [0.15, 0.2) is 12.4 Å². The quantitative estimate of drug-likeness (QED) is 0.792. The average Bonchev–Trinajstić information content (AvgIpc) is 2.97. The molecule has 0 radical (unpaired) electrons. The first-order chi connectivity index (χ1) is 8.22. The van der Waals surface area contributed by atoms with E-state index in [1.54, 1.807) is 6.20 Å². The van der Waals surface area contributed by atoms with Crippen LogP contribution in [-0.4, -0.2) is 28.7 Å². The molecule has 0 spiro atoms. The van der Waals surface area contributed by atoms with Gasteiger partial charge in [-0.1, -0.05) is 13.3 Å². The molecule has 4 heteroatoms. The molecule has 1 aliphatic rings. The molecule has 0 bridgehead atoms. The summed E-state index contributed by atoms with van der Waals surface area (Å²) in [5.74, 6) is 0.268. The number of nitrogens with zero attached hydrogens (tertiary/aromatic N) is 2. The first-order valence-electron chi connectivity index (χ1n) is 6.50. The summed E-state index contributed by atoms with van der Waals surface area (Å²) in [6.07, 6.45) is 6.56. The summed E-state index contributed by atoms with van der Waals surface area (Å²) in [5, 5.41) is 7.52. The van der Waals surface area contributed by atoms with Crippen LogP contribution in [0.2, 0.25) is 0 Å². The molecule has 0 saturated carbocycles. The van der Waals surface area contributed by atoms with Crippen molar-refractivity contribution in [2.45, 2.75) is 39.7 Å². The topological polar surface area (TPSA) is 46.9 Å². The van der Waals surface area contributed by atoms with Gasteiger partial charge in [-0.05, 0) is 26.3 Å². The Balaban J connectivity index is 2.21. The molecule has 1 N–H and O–H groups in total. The van der Waals surface area contributed by atoms with Crippen molar-refractivity contribution >= 4 is 5.78 Å². The molecular formula is C13H21N3O. The van der Waals surface area contributed by atoms with Gasteiger partial charge in [0, 0.05) is 24.7 Å². The minimum absolute atomic E-state index is 0.184. The van der Waals surface area contributed by atoms with Gasteiger partial charge < -0.3 is 5.32 Å². The summed E-state index contributed by atoms with van der Waals surface area (Å²) in [5.41, 5.74) is 0.583. The number of rotatable bonds is 5. The Morgan fingerprint density at radius 2 is 2.41 bits per heavy atom. The number of ketones is 1. The molecule has 2 heterocycles. The van der Waals surface area contributed by atoms with E-state index in [4.69, 9.17) is 0 Å². The van der Waals surface area contributed by atoms with Gasteiger partial charge in [0.05, 0.1) is 11.8 Å². The number of carbonyl (C=O) groups is 1. The van der Waals surface area contributed by atoms with E-state index in [9.17, 15) is 4.79 Å². The first-order valence-corrected chi connectivity index (χ1v) is 6.50. The molecule has 2 rings (SSSR count). The standard InChI is InChI=1S/C13H21N3O/c1-3-5-13(6-7-14-10-13)12(17)11-8-15-16(4-2)9-11/h8-9,14H,3-7,10H2,1-2H3. The second kappa shape index (κ2) is 5.00. The molecule has 1 aromatic heterocycles. The summed E-state index contributed by atoms with van der Waals surface area (Å²) < 4.78 is 1.81. The molecular weight excluding hydrogens is 214 g/mol. The molecule has 94 valence electrons. The van der Waals surface area contributed by atoms with Crippen LogP contribution in [0.1, 0.15) is 43.5 Å².